The molecule has 0 amide bonds. The monoisotopic (exact) mass is 291 g/mol. The zero-order valence-corrected chi connectivity index (χ0v) is 10.4. The molecule has 0 heterocycles. The van der Waals surface area contributed by atoms with E-state index in [-0.39, 0.29) is 17.2 Å². The average molecular weight is 292 g/mol. The summed E-state index contributed by atoms with van der Waals surface area (Å²) in [6, 6.07) is 4.32. The van der Waals surface area contributed by atoms with Crippen LogP contribution in [-0.4, -0.2) is 27.0 Å². The molecule has 2 N–H and O–H groups in total. The van der Waals surface area contributed by atoms with Crippen molar-refractivity contribution >= 4 is 31.6 Å². The summed E-state index contributed by atoms with van der Waals surface area (Å²) < 4.78 is 23.1. The van der Waals surface area contributed by atoms with E-state index in [0.717, 1.165) is 6.26 Å². The Morgan fingerprint density at radius 3 is 2.47 bits per heavy atom. The number of rotatable bonds is 3. The van der Waals surface area contributed by atoms with Gasteiger partial charge >= 0.3 is 0 Å². The number of hydrogen-bond donors (Lipinski definition) is 1. The number of sulfone groups is 1. The molecule has 82 valence electrons. The van der Waals surface area contributed by atoms with Gasteiger partial charge in [0.25, 0.3) is 0 Å². The third-order valence-electron chi connectivity index (χ3n) is 1.81. The van der Waals surface area contributed by atoms with Crippen molar-refractivity contribution in [2.45, 2.75) is 4.90 Å². The van der Waals surface area contributed by atoms with Gasteiger partial charge in [0.1, 0.15) is 0 Å². The Balaban J connectivity index is 3.35. The largest absolute Gasteiger partial charge is 0.324 e. The minimum Gasteiger partial charge on any atom is -0.324 e. The van der Waals surface area contributed by atoms with Crippen molar-refractivity contribution in [3.05, 3.63) is 28.2 Å². The van der Waals surface area contributed by atoms with Gasteiger partial charge in [-0.15, -0.1) is 0 Å². The van der Waals surface area contributed by atoms with Gasteiger partial charge in [0.15, 0.2) is 15.6 Å². The van der Waals surface area contributed by atoms with Crippen molar-refractivity contribution < 1.29 is 13.2 Å². The first kappa shape index (κ1) is 12.4. The van der Waals surface area contributed by atoms with Crippen LogP contribution in [-0.2, 0) is 9.84 Å². The Kier molecular flexibility index (Phi) is 3.64. The second-order valence-electron chi connectivity index (χ2n) is 3.08. The molecule has 4 nitrogen and oxygen atoms in total. The Morgan fingerprint density at radius 1 is 1.40 bits per heavy atom. The van der Waals surface area contributed by atoms with Crippen LogP contribution in [0.3, 0.4) is 0 Å². The first-order valence-corrected chi connectivity index (χ1v) is 6.77. The molecule has 1 rings (SSSR count). The highest BCUT2D eigenvalue weighted by Gasteiger charge is 2.12. The normalized spacial score (nSPS) is 11.4. The van der Waals surface area contributed by atoms with E-state index in [1.807, 2.05) is 0 Å². The predicted molar refractivity (Wildman–Crippen MR) is 60.6 cm³/mol. The number of carbonyl (C=O) groups is 1. The lowest BCUT2D eigenvalue weighted by Gasteiger charge is -2.03. The number of nitrogens with two attached hydrogens (primary N) is 1. The lowest BCUT2D eigenvalue weighted by molar-refractivity contribution is 0.100. The number of halogens is 1. The molecule has 1 aromatic carbocycles. The van der Waals surface area contributed by atoms with E-state index in [1.54, 1.807) is 6.07 Å². The minimum atomic E-state index is -3.31. The van der Waals surface area contributed by atoms with Crippen molar-refractivity contribution in [3.8, 4) is 0 Å². The first-order valence-electron chi connectivity index (χ1n) is 4.08. The summed E-state index contributed by atoms with van der Waals surface area (Å²) in [5.74, 6) is -0.291. The lowest BCUT2D eigenvalue weighted by atomic mass is 10.1. The molecule has 15 heavy (non-hydrogen) atoms. The van der Waals surface area contributed by atoms with Gasteiger partial charge in [-0.3, -0.25) is 4.79 Å². The van der Waals surface area contributed by atoms with Crippen LogP contribution in [0.4, 0.5) is 0 Å². The fraction of sp³-hybridized carbons (Fsp3) is 0.222. The van der Waals surface area contributed by atoms with Crippen LogP contribution < -0.4 is 5.73 Å². The average Bonchev–Trinajstić information content (AvgIpc) is 2.14. The van der Waals surface area contributed by atoms with Crippen molar-refractivity contribution in [1.82, 2.24) is 0 Å². The second-order valence-corrected chi connectivity index (χ2v) is 6.01. The van der Waals surface area contributed by atoms with Gasteiger partial charge in [-0.05, 0) is 18.2 Å². The highest BCUT2D eigenvalue weighted by Crippen LogP contribution is 2.19. The van der Waals surface area contributed by atoms with Crippen molar-refractivity contribution in [3.63, 3.8) is 0 Å². The van der Waals surface area contributed by atoms with Crippen LogP contribution >= 0.6 is 15.9 Å². The lowest BCUT2D eigenvalue weighted by Crippen LogP contribution is -2.14. The Labute approximate surface area is 96.5 Å². The molecule has 0 spiro atoms. The van der Waals surface area contributed by atoms with Crippen LogP contribution in [0.1, 0.15) is 10.4 Å². The summed E-state index contributed by atoms with van der Waals surface area (Å²) in [6.07, 6.45) is 1.09. The quantitative estimate of drug-likeness (QED) is 0.843. The molecular weight excluding hydrogens is 282 g/mol. The Morgan fingerprint density at radius 2 is 2.00 bits per heavy atom. The molecule has 6 heteroatoms. The number of carbonyl (C=O) groups excluding carboxylic acids is 1. The van der Waals surface area contributed by atoms with E-state index in [4.69, 9.17) is 5.73 Å². The molecule has 0 saturated heterocycles. The number of ketones is 1. The van der Waals surface area contributed by atoms with E-state index < -0.39 is 9.84 Å². The summed E-state index contributed by atoms with van der Waals surface area (Å²) in [5.41, 5.74) is 5.50. The minimum absolute atomic E-state index is 0.105. The van der Waals surface area contributed by atoms with Gasteiger partial charge in [0.05, 0.1) is 11.4 Å². The number of benzene rings is 1. The highest BCUT2D eigenvalue weighted by atomic mass is 79.9. The van der Waals surface area contributed by atoms with E-state index in [2.05, 4.69) is 15.9 Å². The van der Waals surface area contributed by atoms with Crippen LogP contribution in [0.25, 0.3) is 0 Å². The molecule has 0 aromatic heterocycles. The predicted octanol–water partition coefficient (Wildman–Crippen LogP) is 0.994. The zero-order valence-electron chi connectivity index (χ0n) is 8.03. The van der Waals surface area contributed by atoms with Gasteiger partial charge in [0, 0.05) is 16.3 Å². The summed E-state index contributed by atoms with van der Waals surface area (Å²) in [4.78, 5) is 11.4. The van der Waals surface area contributed by atoms with E-state index in [1.165, 1.54) is 12.1 Å². The summed E-state index contributed by atoms with van der Waals surface area (Å²) >= 11 is 3.15. The van der Waals surface area contributed by atoms with Gasteiger partial charge in [-0.25, -0.2) is 8.42 Å². The van der Waals surface area contributed by atoms with Crippen LogP contribution in [0, 0.1) is 0 Å². The molecule has 0 fully saturated rings. The molecule has 0 unspecified atom stereocenters. The maximum absolute atomic E-state index is 11.3. The molecule has 0 aliphatic heterocycles. The van der Waals surface area contributed by atoms with Gasteiger partial charge in [0.2, 0.25) is 0 Å². The summed E-state index contributed by atoms with van der Waals surface area (Å²) in [7, 11) is -3.31. The highest BCUT2D eigenvalue weighted by molar-refractivity contribution is 9.10. The third-order valence-corrected chi connectivity index (χ3v) is 3.36. The van der Waals surface area contributed by atoms with Gasteiger partial charge < -0.3 is 5.73 Å². The fourth-order valence-electron chi connectivity index (χ4n) is 1.06. The summed E-state index contributed by atoms with van der Waals surface area (Å²) in [6.45, 7) is -0.139. The smallest absolute Gasteiger partial charge is 0.176 e. The molecule has 0 aliphatic carbocycles. The number of hydrogen-bond acceptors (Lipinski definition) is 4. The molecule has 0 bridgehead atoms. The van der Waals surface area contributed by atoms with Crippen LogP contribution in [0.15, 0.2) is 27.6 Å². The molecule has 1 aromatic rings. The van der Waals surface area contributed by atoms with Crippen molar-refractivity contribution in [2.75, 3.05) is 12.8 Å². The van der Waals surface area contributed by atoms with Crippen molar-refractivity contribution in [2.24, 2.45) is 5.73 Å². The topological polar surface area (TPSA) is 77.2 Å². The van der Waals surface area contributed by atoms with Crippen LogP contribution in [0.2, 0.25) is 0 Å². The Bertz CT molecular complexity index is 496. The first-order chi connectivity index (χ1) is 6.84. The van der Waals surface area contributed by atoms with Crippen molar-refractivity contribution in [1.29, 1.82) is 0 Å². The van der Waals surface area contributed by atoms with Gasteiger partial charge in [-0.2, -0.15) is 0 Å². The SMILES string of the molecule is CS(=O)(=O)c1cc(Br)cc(C(=O)CN)c1. The van der Waals surface area contributed by atoms with E-state index in [0.29, 0.717) is 10.0 Å². The maximum atomic E-state index is 11.3. The standard InChI is InChI=1S/C9H10BrNO3S/c1-15(13,14)8-3-6(9(12)5-11)2-7(10)4-8/h2-4H,5,11H2,1H3. The maximum Gasteiger partial charge on any atom is 0.176 e. The zero-order chi connectivity index (χ0) is 11.6. The molecular formula is C9H10BrNO3S. The second kappa shape index (κ2) is 4.42. The van der Waals surface area contributed by atoms with E-state index >= 15 is 0 Å². The molecule has 0 atom stereocenters. The third kappa shape index (κ3) is 3.12. The number of Topliss-reactive ketones (excluding diaryl/α,β-unsaturated/α-hetero) is 1. The molecule has 0 aliphatic rings. The summed E-state index contributed by atoms with van der Waals surface area (Å²) in [5, 5.41) is 0. The fourth-order valence-corrected chi connectivity index (χ4v) is 2.38. The molecule has 0 radical (unpaired) electrons. The van der Waals surface area contributed by atoms with E-state index in [9.17, 15) is 13.2 Å². The molecule has 0 saturated carbocycles. The van der Waals surface area contributed by atoms with Crippen LogP contribution in [0.5, 0.6) is 0 Å². The van der Waals surface area contributed by atoms with Gasteiger partial charge in [-0.1, -0.05) is 15.9 Å². The Hall–Kier alpha value is -0.720.